The van der Waals surface area contributed by atoms with Gasteiger partial charge in [0.1, 0.15) is 6.61 Å². The second-order valence-corrected chi connectivity index (χ2v) is 7.23. The Morgan fingerprint density at radius 2 is 1.62 bits per heavy atom. The summed E-state index contributed by atoms with van der Waals surface area (Å²) in [4.78, 5) is 11.7. The first-order valence-electron chi connectivity index (χ1n) is 10.9. The van der Waals surface area contributed by atoms with Crippen molar-refractivity contribution in [3.05, 3.63) is 48.0 Å². The average molecular weight is 407 g/mol. The van der Waals surface area contributed by atoms with Crippen LogP contribution >= 0.6 is 0 Å². The largest absolute Gasteiger partial charge is 0.423 e. The van der Waals surface area contributed by atoms with E-state index >= 15 is 0 Å². The maximum Gasteiger partial charge on any atom is 0.333 e. The van der Waals surface area contributed by atoms with Gasteiger partial charge in [0, 0.05) is 18.2 Å². The Hall–Kier alpha value is -1.69. The fraction of sp³-hybridized carbons (Fsp3) is 0.625. The maximum absolute atomic E-state index is 11.7. The lowest BCUT2D eigenvalue weighted by molar-refractivity contribution is -0.232. The molecule has 0 amide bonds. The highest BCUT2D eigenvalue weighted by molar-refractivity contribution is 5.81. The molecule has 5 heteroatoms. The summed E-state index contributed by atoms with van der Waals surface area (Å²) < 4.78 is 15.9. The standard InChI is InChI=1S/C24H38O5/c1-4-7-8-9-10-11-12-13-21-14-16-22(17-15-21)24(26,29-23(25)5-2)20-28-19-18-27-6-3/h5,14-17,26H,2,4,6-13,18-20H2,1,3H3. The Labute approximate surface area is 176 Å². The van der Waals surface area contributed by atoms with E-state index in [9.17, 15) is 9.90 Å². The van der Waals surface area contributed by atoms with Crippen LogP contribution in [0.3, 0.4) is 0 Å². The van der Waals surface area contributed by atoms with Crippen LogP contribution in [0, 0.1) is 0 Å². The third kappa shape index (κ3) is 10.6. The molecule has 0 aliphatic carbocycles. The van der Waals surface area contributed by atoms with E-state index in [1.54, 1.807) is 12.1 Å². The van der Waals surface area contributed by atoms with E-state index in [-0.39, 0.29) is 6.61 Å². The SMILES string of the molecule is C=CC(=O)OC(O)(COCCOCC)c1ccc(CCCCCCCCC)cc1. The van der Waals surface area contributed by atoms with E-state index in [4.69, 9.17) is 14.2 Å². The smallest absolute Gasteiger partial charge is 0.333 e. The Bertz CT molecular complexity index is 569. The Balaban J connectivity index is 2.57. The van der Waals surface area contributed by atoms with Gasteiger partial charge in [-0.3, -0.25) is 0 Å². The fourth-order valence-corrected chi connectivity index (χ4v) is 3.07. The molecule has 0 fully saturated rings. The summed E-state index contributed by atoms with van der Waals surface area (Å²) >= 11 is 0. The molecule has 0 aliphatic rings. The second kappa shape index (κ2) is 15.2. The van der Waals surface area contributed by atoms with Gasteiger partial charge >= 0.3 is 5.97 Å². The molecule has 1 aromatic rings. The molecule has 1 unspecified atom stereocenters. The van der Waals surface area contributed by atoms with Gasteiger partial charge in [-0.05, 0) is 25.3 Å². The molecule has 0 radical (unpaired) electrons. The number of esters is 1. The number of benzene rings is 1. The van der Waals surface area contributed by atoms with Gasteiger partial charge in [-0.25, -0.2) is 4.79 Å². The molecule has 0 aliphatic heterocycles. The van der Waals surface area contributed by atoms with Crippen molar-refractivity contribution < 1.29 is 24.1 Å². The highest BCUT2D eigenvalue weighted by Crippen LogP contribution is 2.25. The van der Waals surface area contributed by atoms with Crippen LogP contribution < -0.4 is 0 Å². The molecule has 1 aromatic carbocycles. The van der Waals surface area contributed by atoms with Crippen LogP contribution in [0.4, 0.5) is 0 Å². The summed E-state index contributed by atoms with van der Waals surface area (Å²) in [5.74, 6) is -2.55. The van der Waals surface area contributed by atoms with Crippen molar-refractivity contribution in [2.75, 3.05) is 26.4 Å². The quantitative estimate of drug-likeness (QED) is 0.172. The molecule has 0 aromatic heterocycles. The van der Waals surface area contributed by atoms with Crippen molar-refractivity contribution in [3.63, 3.8) is 0 Å². The summed E-state index contributed by atoms with van der Waals surface area (Å²) in [7, 11) is 0. The molecule has 0 heterocycles. The van der Waals surface area contributed by atoms with Crippen LogP contribution in [-0.2, 0) is 31.2 Å². The van der Waals surface area contributed by atoms with Crippen LogP contribution in [0.2, 0.25) is 0 Å². The molecule has 5 nitrogen and oxygen atoms in total. The van der Waals surface area contributed by atoms with Crippen molar-refractivity contribution in [3.8, 4) is 0 Å². The average Bonchev–Trinajstić information content (AvgIpc) is 2.73. The number of hydrogen-bond acceptors (Lipinski definition) is 5. The van der Waals surface area contributed by atoms with Crippen molar-refractivity contribution in [2.45, 2.75) is 71.0 Å². The molecule has 29 heavy (non-hydrogen) atoms. The molecule has 0 saturated carbocycles. The van der Waals surface area contributed by atoms with E-state index in [0.29, 0.717) is 25.4 Å². The Morgan fingerprint density at radius 3 is 2.24 bits per heavy atom. The zero-order chi connectivity index (χ0) is 21.4. The summed E-state index contributed by atoms with van der Waals surface area (Å²) in [6.07, 6.45) is 11.0. The molecule has 164 valence electrons. The van der Waals surface area contributed by atoms with E-state index < -0.39 is 11.8 Å². The summed E-state index contributed by atoms with van der Waals surface area (Å²) in [6, 6.07) is 7.52. The van der Waals surface area contributed by atoms with Gasteiger partial charge in [-0.2, -0.15) is 0 Å². The Morgan fingerprint density at radius 1 is 1.00 bits per heavy atom. The lowest BCUT2D eigenvalue weighted by Crippen LogP contribution is -2.37. The predicted octanol–water partition coefficient (Wildman–Crippen LogP) is 4.91. The summed E-state index contributed by atoms with van der Waals surface area (Å²) in [5, 5.41) is 10.9. The lowest BCUT2D eigenvalue weighted by Gasteiger charge is -2.27. The first-order chi connectivity index (χ1) is 14.1. The number of carbonyl (C=O) groups is 1. The summed E-state index contributed by atoms with van der Waals surface area (Å²) in [5.41, 5.74) is 1.68. The number of rotatable bonds is 17. The molecule has 0 bridgehead atoms. The van der Waals surface area contributed by atoms with Gasteiger partial charge in [-0.1, -0.05) is 76.3 Å². The fourth-order valence-electron chi connectivity index (χ4n) is 3.07. The number of hydrogen-bond donors (Lipinski definition) is 1. The highest BCUT2D eigenvalue weighted by atomic mass is 16.7. The van der Waals surface area contributed by atoms with Crippen LogP contribution in [0.25, 0.3) is 0 Å². The van der Waals surface area contributed by atoms with Gasteiger partial charge < -0.3 is 19.3 Å². The minimum absolute atomic E-state index is 0.170. The van der Waals surface area contributed by atoms with Crippen LogP contribution in [-0.4, -0.2) is 37.5 Å². The monoisotopic (exact) mass is 406 g/mol. The van der Waals surface area contributed by atoms with Crippen molar-refractivity contribution >= 4 is 5.97 Å². The molecule has 0 saturated heterocycles. The van der Waals surface area contributed by atoms with Crippen LogP contribution in [0.1, 0.15) is 69.9 Å². The molecule has 0 spiro atoms. The zero-order valence-corrected chi connectivity index (χ0v) is 18.2. The summed E-state index contributed by atoms with van der Waals surface area (Å²) in [6.45, 7) is 8.67. The first kappa shape index (κ1) is 25.3. The minimum Gasteiger partial charge on any atom is -0.423 e. The number of aliphatic hydroxyl groups is 1. The van der Waals surface area contributed by atoms with Crippen molar-refractivity contribution in [1.82, 2.24) is 0 Å². The number of unbranched alkanes of at least 4 members (excludes halogenated alkanes) is 6. The van der Waals surface area contributed by atoms with E-state index in [0.717, 1.165) is 18.9 Å². The van der Waals surface area contributed by atoms with Crippen LogP contribution in [0.15, 0.2) is 36.9 Å². The van der Waals surface area contributed by atoms with Gasteiger partial charge in [0.25, 0.3) is 5.79 Å². The molecule has 1 N–H and O–H groups in total. The number of aryl methyl sites for hydroxylation is 1. The van der Waals surface area contributed by atoms with Crippen molar-refractivity contribution in [2.24, 2.45) is 0 Å². The molecule has 1 rings (SSSR count). The van der Waals surface area contributed by atoms with E-state index in [2.05, 4.69) is 13.5 Å². The third-order valence-corrected chi connectivity index (χ3v) is 4.78. The van der Waals surface area contributed by atoms with Gasteiger partial charge in [0.2, 0.25) is 0 Å². The first-order valence-corrected chi connectivity index (χ1v) is 10.9. The van der Waals surface area contributed by atoms with E-state index in [1.807, 2.05) is 19.1 Å². The number of ether oxygens (including phenoxy) is 3. The zero-order valence-electron chi connectivity index (χ0n) is 18.2. The minimum atomic E-state index is -1.85. The third-order valence-electron chi connectivity index (χ3n) is 4.78. The highest BCUT2D eigenvalue weighted by Gasteiger charge is 2.34. The van der Waals surface area contributed by atoms with Gasteiger partial charge in [0.05, 0.1) is 13.2 Å². The molecular formula is C24H38O5. The normalized spacial score (nSPS) is 13.1. The molecular weight excluding hydrogens is 368 g/mol. The maximum atomic E-state index is 11.7. The Kier molecular flexibility index (Phi) is 13.3. The van der Waals surface area contributed by atoms with Gasteiger partial charge in [0.15, 0.2) is 0 Å². The van der Waals surface area contributed by atoms with Crippen LogP contribution in [0.5, 0.6) is 0 Å². The topological polar surface area (TPSA) is 65.0 Å². The predicted molar refractivity (Wildman–Crippen MR) is 116 cm³/mol. The van der Waals surface area contributed by atoms with Crippen molar-refractivity contribution in [1.29, 1.82) is 0 Å². The van der Waals surface area contributed by atoms with Gasteiger partial charge in [-0.15, -0.1) is 0 Å². The van der Waals surface area contributed by atoms with E-state index in [1.165, 1.54) is 44.1 Å². The molecule has 1 atom stereocenters. The number of carbonyl (C=O) groups excluding carboxylic acids is 1. The second-order valence-electron chi connectivity index (χ2n) is 7.23. The lowest BCUT2D eigenvalue weighted by atomic mass is 10.0.